The Bertz CT molecular complexity index is 835. The zero-order chi connectivity index (χ0) is 14.8. The molecule has 2 heterocycles. The van der Waals surface area contributed by atoms with Crippen LogP contribution in [0.5, 0.6) is 0 Å². The van der Waals surface area contributed by atoms with Gasteiger partial charge in [-0.25, -0.2) is 4.98 Å². The molecule has 0 aliphatic rings. The van der Waals surface area contributed by atoms with E-state index in [0.29, 0.717) is 11.3 Å². The first-order valence-electron chi connectivity index (χ1n) is 6.20. The van der Waals surface area contributed by atoms with E-state index in [0.717, 1.165) is 10.9 Å². The molecular weight excluding hydrogens is 288 g/mol. The van der Waals surface area contributed by atoms with Gasteiger partial charge in [0, 0.05) is 17.3 Å². The molecule has 0 unspecified atom stereocenters. The van der Waals surface area contributed by atoms with Gasteiger partial charge in [0.2, 0.25) is 0 Å². The molecule has 0 atom stereocenters. The van der Waals surface area contributed by atoms with E-state index in [1.807, 2.05) is 24.3 Å². The molecule has 0 aliphatic heterocycles. The summed E-state index contributed by atoms with van der Waals surface area (Å²) in [6.45, 7) is 0. The molecule has 0 spiro atoms. The fraction of sp³-hybridized carbons (Fsp3) is 0. The van der Waals surface area contributed by atoms with Gasteiger partial charge in [-0.1, -0.05) is 17.7 Å². The summed E-state index contributed by atoms with van der Waals surface area (Å²) < 4.78 is 0. The molecule has 104 valence electrons. The molecule has 3 aromatic rings. The maximum absolute atomic E-state index is 12.2. The number of fused-ring (bicyclic) bond motifs is 1. The van der Waals surface area contributed by atoms with E-state index in [9.17, 15) is 4.79 Å². The summed E-state index contributed by atoms with van der Waals surface area (Å²) in [7, 11) is 0. The number of halogens is 1. The van der Waals surface area contributed by atoms with Crippen molar-refractivity contribution in [2.45, 2.75) is 0 Å². The van der Waals surface area contributed by atoms with E-state index in [1.54, 1.807) is 12.3 Å². The average molecular weight is 299 g/mol. The first-order valence-corrected chi connectivity index (χ1v) is 6.58. The highest BCUT2D eigenvalue weighted by molar-refractivity contribution is 6.30. The van der Waals surface area contributed by atoms with Crippen LogP contribution in [0.4, 0.5) is 11.4 Å². The number of benzene rings is 1. The predicted octanol–water partition coefficient (Wildman–Crippen LogP) is 3.12. The molecule has 6 heteroatoms. The molecule has 0 saturated carbocycles. The van der Waals surface area contributed by atoms with Gasteiger partial charge in [0.05, 0.1) is 23.0 Å². The molecular formula is C15H11ClN4O. The zero-order valence-electron chi connectivity index (χ0n) is 10.9. The molecule has 1 aromatic carbocycles. The Balaban J connectivity index is 1.90. The predicted molar refractivity (Wildman–Crippen MR) is 83.4 cm³/mol. The summed E-state index contributed by atoms with van der Waals surface area (Å²) >= 11 is 5.79. The van der Waals surface area contributed by atoms with E-state index in [4.69, 9.17) is 17.3 Å². The Morgan fingerprint density at radius 1 is 1.19 bits per heavy atom. The topological polar surface area (TPSA) is 80.9 Å². The van der Waals surface area contributed by atoms with Gasteiger partial charge in [-0.3, -0.25) is 9.78 Å². The van der Waals surface area contributed by atoms with Gasteiger partial charge in [0.15, 0.2) is 0 Å². The van der Waals surface area contributed by atoms with Gasteiger partial charge in [-0.2, -0.15) is 0 Å². The average Bonchev–Trinajstić information content (AvgIpc) is 2.49. The van der Waals surface area contributed by atoms with Crippen LogP contribution in [0.15, 0.2) is 48.8 Å². The molecule has 1 amide bonds. The lowest BCUT2D eigenvalue weighted by molar-refractivity contribution is 0.102. The van der Waals surface area contributed by atoms with Crippen LogP contribution in [0.3, 0.4) is 0 Å². The minimum atomic E-state index is -0.333. The molecule has 2 aromatic heterocycles. The van der Waals surface area contributed by atoms with Crippen molar-refractivity contribution < 1.29 is 4.79 Å². The van der Waals surface area contributed by atoms with Crippen LogP contribution < -0.4 is 11.1 Å². The number of nitrogens with two attached hydrogens (primary N) is 1. The molecule has 5 nitrogen and oxygen atoms in total. The van der Waals surface area contributed by atoms with Crippen molar-refractivity contribution in [1.29, 1.82) is 0 Å². The highest BCUT2D eigenvalue weighted by atomic mass is 35.5. The van der Waals surface area contributed by atoms with Crippen LogP contribution in [0, 0.1) is 0 Å². The monoisotopic (exact) mass is 298 g/mol. The number of nitrogen functional groups attached to an aromatic ring is 1. The minimum absolute atomic E-state index is 0.220. The number of aromatic nitrogens is 2. The molecule has 0 bridgehead atoms. The lowest BCUT2D eigenvalue weighted by atomic mass is 10.2. The largest absolute Gasteiger partial charge is 0.397 e. The molecule has 0 saturated heterocycles. The number of pyridine rings is 2. The number of nitrogens with zero attached hydrogens (tertiary/aromatic N) is 2. The quantitative estimate of drug-likeness (QED) is 0.712. The summed E-state index contributed by atoms with van der Waals surface area (Å²) in [5.41, 5.74) is 7.84. The van der Waals surface area contributed by atoms with Gasteiger partial charge in [-0.15, -0.1) is 0 Å². The van der Waals surface area contributed by atoms with Crippen LogP contribution in [-0.2, 0) is 0 Å². The number of nitrogens with one attached hydrogen (secondary N) is 1. The number of carbonyl (C=O) groups is 1. The Morgan fingerprint density at radius 3 is 2.90 bits per heavy atom. The highest BCUT2D eigenvalue weighted by Crippen LogP contribution is 2.20. The first-order chi connectivity index (χ1) is 10.1. The van der Waals surface area contributed by atoms with Crippen molar-refractivity contribution in [3.05, 3.63) is 59.5 Å². The lowest BCUT2D eigenvalue weighted by Gasteiger charge is -2.08. The molecule has 3 rings (SSSR count). The normalized spacial score (nSPS) is 10.5. The van der Waals surface area contributed by atoms with Crippen LogP contribution in [0.2, 0.25) is 5.15 Å². The summed E-state index contributed by atoms with van der Waals surface area (Å²) in [4.78, 5) is 20.3. The number of hydrogen-bond donors (Lipinski definition) is 2. The van der Waals surface area contributed by atoms with Gasteiger partial charge in [0.25, 0.3) is 5.91 Å². The van der Waals surface area contributed by atoms with Crippen molar-refractivity contribution in [3.8, 4) is 0 Å². The fourth-order valence-corrected chi connectivity index (χ4v) is 2.15. The Kier molecular flexibility index (Phi) is 3.41. The third-order valence-corrected chi connectivity index (χ3v) is 3.21. The van der Waals surface area contributed by atoms with E-state index in [2.05, 4.69) is 15.3 Å². The molecule has 0 aliphatic carbocycles. The number of carbonyl (C=O) groups excluding carboxylic acids is 1. The standard InChI is InChI=1S/C15H11ClN4O/c16-14-7-11(12(17)8-19-14)15(21)20-10-3-4-13-9(6-10)2-1-5-18-13/h1-8H,17H2,(H,20,21). The Morgan fingerprint density at radius 2 is 2.05 bits per heavy atom. The van der Waals surface area contributed by atoms with Crippen molar-refractivity contribution in [2.24, 2.45) is 0 Å². The van der Waals surface area contributed by atoms with Gasteiger partial charge in [0.1, 0.15) is 5.15 Å². The van der Waals surface area contributed by atoms with Gasteiger partial charge < -0.3 is 11.1 Å². The molecule has 0 radical (unpaired) electrons. The number of anilines is 2. The van der Waals surface area contributed by atoms with Gasteiger partial charge in [-0.05, 0) is 30.3 Å². The van der Waals surface area contributed by atoms with Crippen LogP contribution >= 0.6 is 11.6 Å². The van der Waals surface area contributed by atoms with E-state index in [1.165, 1.54) is 12.3 Å². The second-order valence-electron chi connectivity index (χ2n) is 4.46. The zero-order valence-corrected chi connectivity index (χ0v) is 11.6. The number of amides is 1. The number of hydrogen-bond acceptors (Lipinski definition) is 4. The van der Waals surface area contributed by atoms with Crippen LogP contribution in [0.25, 0.3) is 10.9 Å². The lowest BCUT2D eigenvalue weighted by Crippen LogP contribution is -2.14. The van der Waals surface area contributed by atoms with Crippen molar-refractivity contribution >= 4 is 39.8 Å². The van der Waals surface area contributed by atoms with E-state index in [-0.39, 0.29) is 16.7 Å². The molecule has 3 N–H and O–H groups in total. The first kappa shape index (κ1) is 13.3. The smallest absolute Gasteiger partial charge is 0.257 e. The fourth-order valence-electron chi connectivity index (χ4n) is 1.99. The van der Waals surface area contributed by atoms with E-state index < -0.39 is 0 Å². The van der Waals surface area contributed by atoms with Crippen molar-refractivity contribution in [1.82, 2.24) is 9.97 Å². The second-order valence-corrected chi connectivity index (χ2v) is 4.85. The molecule has 21 heavy (non-hydrogen) atoms. The Labute approximate surface area is 125 Å². The maximum atomic E-state index is 12.2. The third kappa shape index (κ3) is 2.78. The second kappa shape index (κ2) is 5.38. The van der Waals surface area contributed by atoms with Crippen LogP contribution in [0.1, 0.15) is 10.4 Å². The Hall–Kier alpha value is -2.66. The minimum Gasteiger partial charge on any atom is -0.397 e. The molecule has 0 fully saturated rings. The van der Waals surface area contributed by atoms with E-state index >= 15 is 0 Å². The SMILES string of the molecule is Nc1cnc(Cl)cc1C(=O)Nc1ccc2ncccc2c1. The summed E-state index contributed by atoms with van der Waals surface area (Å²) in [6.07, 6.45) is 3.09. The van der Waals surface area contributed by atoms with Gasteiger partial charge >= 0.3 is 0 Å². The summed E-state index contributed by atoms with van der Waals surface area (Å²) in [5, 5.41) is 3.95. The highest BCUT2D eigenvalue weighted by Gasteiger charge is 2.11. The maximum Gasteiger partial charge on any atom is 0.257 e. The third-order valence-electron chi connectivity index (χ3n) is 3.01. The van der Waals surface area contributed by atoms with Crippen molar-refractivity contribution in [3.63, 3.8) is 0 Å². The summed E-state index contributed by atoms with van der Waals surface area (Å²) in [5.74, 6) is -0.333. The van der Waals surface area contributed by atoms with Crippen LogP contribution in [-0.4, -0.2) is 15.9 Å². The number of rotatable bonds is 2. The summed E-state index contributed by atoms with van der Waals surface area (Å²) in [6, 6.07) is 10.7. The van der Waals surface area contributed by atoms with Crippen molar-refractivity contribution in [2.75, 3.05) is 11.1 Å².